The SMILES string of the molecule is Fc1ccc(CN2CCCNCC2)c(C(F)(F)F)c1. The highest BCUT2D eigenvalue weighted by molar-refractivity contribution is 5.30. The molecule has 0 spiro atoms. The normalized spacial score (nSPS) is 18.3. The Balaban J connectivity index is 2.19. The highest BCUT2D eigenvalue weighted by Crippen LogP contribution is 2.33. The molecule has 0 saturated carbocycles. The first-order valence-corrected chi connectivity index (χ1v) is 6.25. The molecule has 0 aliphatic carbocycles. The van der Waals surface area contributed by atoms with Crippen LogP contribution in [0.5, 0.6) is 0 Å². The van der Waals surface area contributed by atoms with Crippen LogP contribution in [0.1, 0.15) is 17.5 Å². The van der Waals surface area contributed by atoms with Crippen LogP contribution in [0.4, 0.5) is 17.6 Å². The summed E-state index contributed by atoms with van der Waals surface area (Å²) in [7, 11) is 0. The molecule has 1 aromatic rings. The maximum atomic E-state index is 13.0. The number of alkyl halides is 3. The number of hydrogen-bond acceptors (Lipinski definition) is 2. The van der Waals surface area contributed by atoms with Crippen molar-refractivity contribution in [3.8, 4) is 0 Å². The van der Waals surface area contributed by atoms with E-state index in [1.165, 1.54) is 6.07 Å². The minimum Gasteiger partial charge on any atom is -0.315 e. The minimum absolute atomic E-state index is 0.135. The van der Waals surface area contributed by atoms with Crippen molar-refractivity contribution < 1.29 is 17.6 Å². The van der Waals surface area contributed by atoms with Crippen molar-refractivity contribution in [2.75, 3.05) is 26.2 Å². The van der Waals surface area contributed by atoms with E-state index in [1.807, 2.05) is 4.90 Å². The first kappa shape index (κ1) is 14.3. The molecule has 1 N–H and O–H groups in total. The van der Waals surface area contributed by atoms with Gasteiger partial charge in [0.25, 0.3) is 0 Å². The number of benzene rings is 1. The maximum Gasteiger partial charge on any atom is 0.416 e. The van der Waals surface area contributed by atoms with Crippen molar-refractivity contribution >= 4 is 0 Å². The fraction of sp³-hybridized carbons (Fsp3) is 0.538. The van der Waals surface area contributed by atoms with Gasteiger partial charge >= 0.3 is 6.18 Å². The van der Waals surface area contributed by atoms with Crippen molar-refractivity contribution in [2.24, 2.45) is 0 Å². The zero-order valence-electron chi connectivity index (χ0n) is 10.4. The Hall–Kier alpha value is -1.14. The molecule has 1 aliphatic heterocycles. The Morgan fingerprint density at radius 2 is 1.95 bits per heavy atom. The highest BCUT2D eigenvalue weighted by Gasteiger charge is 2.34. The van der Waals surface area contributed by atoms with Gasteiger partial charge in [0, 0.05) is 19.6 Å². The number of halogens is 4. The molecule has 2 rings (SSSR count). The van der Waals surface area contributed by atoms with E-state index >= 15 is 0 Å². The van der Waals surface area contributed by atoms with Gasteiger partial charge in [0.2, 0.25) is 0 Å². The monoisotopic (exact) mass is 276 g/mol. The summed E-state index contributed by atoms with van der Waals surface area (Å²) in [6.07, 6.45) is -3.61. The third-order valence-corrected chi connectivity index (χ3v) is 3.20. The van der Waals surface area contributed by atoms with Crippen LogP contribution in [0.2, 0.25) is 0 Å². The summed E-state index contributed by atoms with van der Waals surface area (Å²) < 4.78 is 51.6. The lowest BCUT2D eigenvalue weighted by molar-refractivity contribution is -0.138. The summed E-state index contributed by atoms with van der Waals surface area (Å²) in [5, 5.41) is 3.19. The molecule has 1 heterocycles. The van der Waals surface area contributed by atoms with Crippen LogP contribution in [-0.2, 0) is 12.7 Å². The average molecular weight is 276 g/mol. The van der Waals surface area contributed by atoms with E-state index in [0.717, 1.165) is 32.1 Å². The number of hydrogen-bond donors (Lipinski definition) is 1. The largest absolute Gasteiger partial charge is 0.416 e. The molecule has 0 amide bonds. The number of nitrogens with zero attached hydrogens (tertiary/aromatic N) is 1. The molecule has 1 saturated heterocycles. The predicted octanol–water partition coefficient (Wildman–Crippen LogP) is 2.64. The average Bonchev–Trinajstić information content (AvgIpc) is 2.59. The van der Waals surface area contributed by atoms with Gasteiger partial charge in [0.1, 0.15) is 5.82 Å². The molecular formula is C13H16F4N2. The molecule has 0 aromatic heterocycles. The van der Waals surface area contributed by atoms with Crippen LogP contribution in [0.15, 0.2) is 18.2 Å². The Morgan fingerprint density at radius 1 is 1.16 bits per heavy atom. The van der Waals surface area contributed by atoms with Crippen LogP contribution in [0.3, 0.4) is 0 Å². The molecular weight excluding hydrogens is 260 g/mol. The van der Waals surface area contributed by atoms with E-state index in [4.69, 9.17) is 0 Å². The van der Waals surface area contributed by atoms with Crippen LogP contribution in [-0.4, -0.2) is 31.1 Å². The second kappa shape index (κ2) is 5.88. The molecule has 1 aliphatic rings. The molecule has 0 atom stereocenters. The van der Waals surface area contributed by atoms with E-state index in [-0.39, 0.29) is 12.1 Å². The third kappa shape index (κ3) is 3.91. The van der Waals surface area contributed by atoms with Gasteiger partial charge in [-0.3, -0.25) is 4.90 Å². The zero-order valence-corrected chi connectivity index (χ0v) is 10.4. The molecule has 0 bridgehead atoms. The molecule has 0 unspecified atom stereocenters. The smallest absolute Gasteiger partial charge is 0.315 e. The highest BCUT2D eigenvalue weighted by atomic mass is 19.4. The van der Waals surface area contributed by atoms with Gasteiger partial charge in [0.15, 0.2) is 0 Å². The van der Waals surface area contributed by atoms with Crippen molar-refractivity contribution in [3.05, 3.63) is 35.1 Å². The van der Waals surface area contributed by atoms with Crippen LogP contribution < -0.4 is 5.32 Å². The molecule has 106 valence electrons. The Labute approximate surface area is 109 Å². The van der Waals surface area contributed by atoms with E-state index in [2.05, 4.69) is 5.32 Å². The lowest BCUT2D eigenvalue weighted by Gasteiger charge is -2.22. The molecule has 6 heteroatoms. The Morgan fingerprint density at radius 3 is 2.68 bits per heavy atom. The topological polar surface area (TPSA) is 15.3 Å². The van der Waals surface area contributed by atoms with Crippen molar-refractivity contribution in [3.63, 3.8) is 0 Å². The summed E-state index contributed by atoms with van der Waals surface area (Å²) in [5.41, 5.74) is -0.736. The number of nitrogens with one attached hydrogen (secondary N) is 1. The number of rotatable bonds is 2. The van der Waals surface area contributed by atoms with Crippen molar-refractivity contribution in [1.29, 1.82) is 0 Å². The van der Waals surface area contributed by atoms with E-state index in [9.17, 15) is 17.6 Å². The molecule has 1 aromatic carbocycles. The molecule has 19 heavy (non-hydrogen) atoms. The second-order valence-electron chi connectivity index (χ2n) is 4.68. The van der Waals surface area contributed by atoms with Gasteiger partial charge in [-0.2, -0.15) is 13.2 Å². The first-order chi connectivity index (χ1) is 8.97. The lowest BCUT2D eigenvalue weighted by atomic mass is 10.1. The van der Waals surface area contributed by atoms with Gasteiger partial charge in [-0.25, -0.2) is 4.39 Å². The van der Waals surface area contributed by atoms with Gasteiger partial charge in [-0.05, 0) is 37.2 Å². The van der Waals surface area contributed by atoms with E-state index < -0.39 is 17.6 Å². The Kier molecular flexibility index (Phi) is 4.42. The van der Waals surface area contributed by atoms with E-state index in [1.54, 1.807) is 0 Å². The van der Waals surface area contributed by atoms with Crippen LogP contribution in [0.25, 0.3) is 0 Å². The summed E-state index contributed by atoms with van der Waals surface area (Å²) in [4.78, 5) is 1.96. The van der Waals surface area contributed by atoms with Gasteiger partial charge in [0.05, 0.1) is 5.56 Å². The third-order valence-electron chi connectivity index (χ3n) is 3.20. The van der Waals surface area contributed by atoms with Crippen LogP contribution >= 0.6 is 0 Å². The zero-order chi connectivity index (χ0) is 13.9. The summed E-state index contributed by atoms with van der Waals surface area (Å²) in [5.74, 6) is -0.853. The van der Waals surface area contributed by atoms with Crippen LogP contribution in [0, 0.1) is 5.82 Å². The van der Waals surface area contributed by atoms with Crippen molar-refractivity contribution in [1.82, 2.24) is 10.2 Å². The van der Waals surface area contributed by atoms with Gasteiger partial charge < -0.3 is 5.32 Å². The summed E-state index contributed by atoms with van der Waals surface area (Å²) in [6, 6.07) is 2.89. The van der Waals surface area contributed by atoms with E-state index in [0.29, 0.717) is 12.6 Å². The minimum atomic E-state index is -4.51. The first-order valence-electron chi connectivity index (χ1n) is 6.25. The molecule has 1 fully saturated rings. The second-order valence-corrected chi connectivity index (χ2v) is 4.68. The van der Waals surface area contributed by atoms with Gasteiger partial charge in [-0.1, -0.05) is 6.07 Å². The molecule has 2 nitrogen and oxygen atoms in total. The quantitative estimate of drug-likeness (QED) is 0.835. The van der Waals surface area contributed by atoms with Gasteiger partial charge in [-0.15, -0.1) is 0 Å². The summed E-state index contributed by atoms with van der Waals surface area (Å²) >= 11 is 0. The maximum absolute atomic E-state index is 13.0. The fourth-order valence-corrected chi connectivity index (χ4v) is 2.25. The standard InChI is InChI=1S/C13H16F4N2/c14-11-3-2-10(12(8-11)13(15,16)17)9-19-6-1-4-18-5-7-19/h2-3,8,18H,1,4-7,9H2. The molecule has 0 radical (unpaired) electrons. The fourth-order valence-electron chi connectivity index (χ4n) is 2.25. The Bertz CT molecular complexity index is 423. The predicted molar refractivity (Wildman–Crippen MR) is 64.2 cm³/mol. The van der Waals surface area contributed by atoms with Crippen molar-refractivity contribution in [2.45, 2.75) is 19.1 Å². The summed E-state index contributed by atoms with van der Waals surface area (Å²) in [6.45, 7) is 3.31. The lowest BCUT2D eigenvalue weighted by Crippen LogP contribution is -2.28.